The van der Waals surface area contributed by atoms with E-state index in [9.17, 15) is 0 Å². The first-order valence-electron chi connectivity index (χ1n) is 5.91. The zero-order valence-corrected chi connectivity index (χ0v) is 10.2. The van der Waals surface area contributed by atoms with Gasteiger partial charge >= 0.3 is 0 Å². The second-order valence-electron chi connectivity index (χ2n) is 5.69. The summed E-state index contributed by atoms with van der Waals surface area (Å²) in [5.41, 5.74) is 0.453. The molecule has 0 N–H and O–H groups in total. The molecule has 0 atom stereocenters. The molecule has 84 valence electrons. The van der Waals surface area contributed by atoms with Gasteiger partial charge in [-0.2, -0.15) is 0 Å². The van der Waals surface area contributed by atoms with Crippen LogP contribution in [0.5, 0.6) is 0 Å². The smallest absolute Gasteiger partial charge is 0.135 e. The van der Waals surface area contributed by atoms with E-state index in [1.807, 2.05) is 0 Å². The fourth-order valence-corrected chi connectivity index (χ4v) is 2.19. The van der Waals surface area contributed by atoms with Crippen LogP contribution in [0.15, 0.2) is 0 Å². The molecule has 2 rings (SSSR count). The van der Waals surface area contributed by atoms with Crippen LogP contribution in [-0.2, 0) is 13.0 Å². The first-order chi connectivity index (χ1) is 6.99. The Morgan fingerprint density at radius 3 is 2.60 bits per heavy atom. The van der Waals surface area contributed by atoms with Gasteiger partial charge < -0.3 is 4.57 Å². The van der Waals surface area contributed by atoms with Gasteiger partial charge in [-0.1, -0.05) is 27.7 Å². The maximum Gasteiger partial charge on any atom is 0.135 e. The van der Waals surface area contributed by atoms with Crippen molar-refractivity contribution in [2.45, 2.75) is 59.4 Å². The Morgan fingerprint density at radius 2 is 1.93 bits per heavy atom. The Kier molecular flexibility index (Phi) is 2.57. The Morgan fingerprint density at radius 1 is 1.20 bits per heavy atom. The summed E-state index contributed by atoms with van der Waals surface area (Å²) in [7, 11) is 0. The maximum atomic E-state index is 4.32. The summed E-state index contributed by atoms with van der Waals surface area (Å²) in [4.78, 5) is 0. The lowest BCUT2D eigenvalue weighted by Crippen LogP contribution is -2.13. The number of fused-ring (bicyclic) bond motifs is 1. The average Bonchev–Trinajstić information content (AvgIpc) is 2.49. The molecule has 3 heteroatoms. The van der Waals surface area contributed by atoms with Crippen molar-refractivity contribution in [3.8, 4) is 0 Å². The molecule has 0 bridgehead atoms. The fraction of sp³-hybridized carbons (Fsp3) is 0.833. The lowest BCUT2D eigenvalue weighted by molar-refractivity contribution is 0.305. The second kappa shape index (κ2) is 3.62. The zero-order valence-electron chi connectivity index (χ0n) is 10.2. The summed E-state index contributed by atoms with van der Waals surface area (Å²) in [6.07, 6.45) is 3.54. The van der Waals surface area contributed by atoms with E-state index in [1.165, 1.54) is 18.7 Å². The number of aryl methyl sites for hydroxylation is 1. The van der Waals surface area contributed by atoms with Gasteiger partial charge in [-0.05, 0) is 18.3 Å². The predicted molar refractivity (Wildman–Crippen MR) is 60.8 cm³/mol. The van der Waals surface area contributed by atoms with E-state index in [4.69, 9.17) is 0 Å². The molecule has 15 heavy (non-hydrogen) atoms. The van der Waals surface area contributed by atoms with Crippen LogP contribution in [0, 0.1) is 5.41 Å². The molecule has 0 amide bonds. The lowest BCUT2D eigenvalue weighted by Gasteiger charge is -2.21. The largest absolute Gasteiger partial charge is 0.315 e. The molecule has 1 aliphatic heterocycles. The number of hydrogen-bond donors (Lipinski definition) is 0. The van der Waals surface area contributed by atoms with Crippen LogP contribution in [0.25, 0.3) is 0 Å². The molecule has 1 aromatic rings. The Hall–Kier alpha value is -0.860. The van der Waals surface area contributed by atoms with Crippen molar-refractivity contribution in [2.75, 3.05) is 0 Å². The van der Waals surface area contributed by atoms with Gasteiger partial charge in [0.25, 0.3) is 0 Å². The van der Waals surface area contributed by atoms with Crippen LogP contribution in [0.3, 0.4) is 0 Å². The molecule has 0 fully saturated rings. The first-order valence-corrected chi connectivity index (χ1v) is 5.91. The van der Waals surface area contributed by atoms with Gasteiger partial charge in [0.2, 0.25) is 0 Å². The highest BCUT2D eigenvalue weighted by Crippen LogP contribution is 2.31. The summed E-state index contributed by atoms with van der Waals surface area (Å²) in [5, 5.41) is 8.62. The molecule has 2 heterocycles. The Bertz CT molecular complexity index is 350. The molecule has 0 aliphatic carbocycles. The van der Waals surface area contributed by atoms with E-state index in [0.29, 0.717) is 11.3 Å². The molecule has 0 saturated heterocycles. The highest BCUT2D eigenvalue weighted by Gasteiger charge is 2.25. The Labute approximate surface area is 91.9 Å². The molecule has 3 nitrogen and oxygen atoms in total. The van der Waals surface area contributed by atoms with Crippen molar-refractivity contribution in [3.63, 3.8) is 0 Å². The van der Waals surface area contributed by atoms with Crippen LogP contribution in [0.4, 0.5) is 0 Å². The number of nitrogens with zero attached hydrogens (tertiary/aromatic N) is 3. The summed E-state index contributed by atoms with van der Waals surface area (Å²) in [6, 6.07) is 0. The van der Waals surface area contributed by atoms with E-state index >= 15 is 0 Å². The third-order valence-electron chi connectivity index (χ3n) is 3.41. The number of aromatic nitrogens is 3. The van der Waals surface area contributed by atoms with Crippen LogP contribution in [-0.4, -0.2) is 14.8 Å². The van der Waals surface area contributed by atoms with Gasteiger partial charge in [-0.15, -0.1) is 10.2 Å². The minimum absolute atomic E-state index is 0.453. The third-order valence-corrected chi connectivity index (χ3v) is 3.41. The standard InChI is InChI=1S/C12H21N3/c1-9(2)11-14-13-10-5-6-12(3,4)7-8-15(10)11/h9H,5-8H2,1-4H3. The summed E-state index contributed by atoms with van der Waals surface area (Å²) in [6.45, 7) is 10.2. The third kappa shape index (κ3) is 2.06. The normalized spacial score (nSPS) is 20.1. The number of rotatable bonds is 1. The van der Waals surface area contributed by atoms with Crippen molar-refractivity contribution < 1.29 is 0 Å². The lowest BCUT2D eigenvalue weighted by atomic mass is 9.85. The predicted octanol–water partition coefficient (Wildman–Crippen LogP) is 2.76. The van der Waals surface area contributed by atoms with Crippen molar-refractivity contribution in [2.24, 2.45) is 5.41 Å². The van der Waals surface area contributed by atoms with E-state index < -0.39 is 0 Å². The van der Waals surface area contributed by atoms with Gasteiger partial charge in [0.15, 0.2) is 0 Å². The summed E-state index contributed by atoms with van der Waals surface area (Å²) in [5.74, 6) is 2.82. The van der Waals surface area contributed by atoms with Gasteiger partial charge in [0.05, 0.1) is 0 Å². The Balaban J connectivity index is 2.29. The zero-order chi connectivity index (χ0) is 11.1. The SMILES string of the molecule is CC(C)c1nnc2n1CCC(C)(C)CC2. The van der Waals surface area contributed by atoms with Crippen LogP contribution in [0.2, 0.25) is 0 Å². The highest BCUT2D eigenvalue weighted by atomic mass is 15.3. The summed E-state index contributed by atoms with van der Waals surface area (Å²) < 4.78 is 2.33. The number of hydrogen-bond acceptors (Lipinski definition) is 2. The molecular formula is C12H21N3. The van der Waals surface area contributed by atoms with Crippen LogP contribution < -0.4 is 0 Å². The molecule has 1 aliphatic rings. The molecule has 0 aromatic carbocycles. The molecule has 0 radical (unpaired) electrons. The topological polar surface area (TPSA) is 30.7 Å². The molecule has 0 saturated carbocycles. The first kappa shape index (κ1) is 10.7. The van der Waals surface area contributed by atoms with E-state index in [1.54, 1.807) is 0 Å². The van der Waals surface area contributed by atoms with E-state index in [2.05, 4.69) is 42.5 Å². The molecule has 0 spiro atoms. The molecule has 1 aromatic heterocycles. The maximum absolute atomic E-state index is 4.32. The van der Waals surface area contributed by atoms with Crippen LogP contribution in [0.1, 0.15) is 58.1 Å². The molecule has 0 unspecified atom stereocenters. The average molecular weight is 207 g/mol. The van der Waals surface area contributed by atoms with E-state index in [0.717, 1.165) is 18.8 Å². The molecular weight excluding hydrogens is 186 g/mol. The van der Waals surface area contributed by atoms with Gasteiger partial charge in [0, 0.05) is 18.9 Å². The second-order valence-corrected chi connectivity index (χ2v) is 5.69. The summed E-state index contributed by atoms with van der Waals surface area (Å²) >= 11 is 0. The van der Waals surface area contributed by atoms with Gasteiger partial charge in [0.1, 0.15) is 11.6 Å². The minimum Gasteiger partial charge on any atom is -0.315 e. The van der Waals surface area contributed by atoms with Crippen LogP contribution >= 0.6 is 0 Å². The highest BCUT2D eigenvalue weighted by molar-refractivity contribution is 5.02. The monoisotopic (exact) mass is 207 g/mol. The van der Waals surface area contributed by atoms with Crippen molar-refractivity contribution >= 4 is 0 Å². The fourth-order valence-electron chi connectivity index (χ4n) is 2.19. The van der Waals surface area contributed by atoms with Gasteiger partial charge in [-0.3, -0.25) is 0 Å². The van der Waals surface area contributed by atoms with Crippen molar-refractivity contribution in [1.29, 1.82) is 0 Å². The quantitative estimate of drug-likeness (QED) is 0.709. The van der Waals surface area contributed by atoms with Crippen molar-refractivity contribution in [3.05, 3.63) is 11.6 Å². The van der Waals surface area contributed by atoms with E-state index in [-0.39, 0.29) is 0 Å². The minimum atomic E-state index is 0.453. The van der Waals surface area contributed by atoms with Crippen molar-refractivity contribution in [1.82, 2.24) is 14.8 Å². The van der Waals surface area contributed by atoms with Gasteiger partial charge in [-0.25, -0.2) is 0 Å².